The smallest absolute Gasteiger partial charge is 0.221 e. The molecule has 0 saturated carbocycles. The van der Waals surface area contributed by atoms with E-state index in [0.717, 1.165) is 69.7 Å². The lowest BCUT2D eigenvalue weighted by Gasteiger charge is -2.34. The fraction of sp³-hybridized carbons (Fsp3) is 0.500. The van der Waals surface area contributed by atoms with Crippen molar-refractivity contribution in [3.05, 3.63) is 64.7 Å². The van der Waals surface area contributed by atoms with Crippen LogP contribution in [0.2, 0.25) is 0 Å². The van der Waals surface area contributed by atoms with Crippen molar-refractivity contribution in [3.63, 3.8) is 0 Å². The highest BCUT2D eigenvalue weighted by atomic mass is 32.2. The van der Waals surface area contributed by atoms with Gasteiger partial charge in [-0.3, -0.25) is 9.69 Å². The second kappa shape index (κ2) is 10.8. The Bertz CT molecular complexity index is 1080. The summed E-state index contributed by atoms with van der Waals surface area (Å²) < 4.78 is 25.5. The summed E-state index contributed by atoms with van der Waals surface area (Å²) in [6.07, 6.45) is 3.01. The number of fused-ring (bicyclic) bond motifs is 1. The molecule has 6 nitrogen and oxygen atoms in total. The van der Waals surface area contributed by atoms with E-state index in [1.807, 2.05) is 24.3 Å². The minimum Gasteiger partial charge on any atom is -0.352 e. The van der Waals surface area contributed by atoms with Gasteiger partial charge >= 0.3 is 0 Å². The summed E-state index contributed by atoms with van der Waals surface area (Å²) in [7, 11) is -3.47. The normalized spacial score (nSPS) is 17.1. The molecule has 4 rings (SSSR count). The first-order valence-corrected chi connectivity index (χ1v) is 13.7. The highest BCUT2D eigenvalue weighted by Gasteiger charge is 2.20. The standard InChI is InChI=1S/C26H35N3O3S/c1-2-28-13-15-29(16-14-28)20-24-7-4-3-6-23(24)19-27-26(30)12-17-33(31,32)25-11-10-21-8-5-9-22(21)18-25/h3-4,6-7,10-11,18H,2,5,8-9,12-17,19-20H2,1H3,(H,27,30). The van der Waals surface area contributed by atoms with Crippen molar-refractivity contribution in [1.29, 1.82) is 0 Å². The van der Waals surface area contributed by atoms with Crippen LogP contribution in [0.15, 0.2) is 47.4 Å². The van der Waals surface area contributed by atoms with Gasteiger partial charge in [0, 0.05) is 45.7 Å². The summed E-state index contributed by atoms with van der Waals surface area (Å²) in [4.78, 5) is 17.7. The SMILES string of the molecule is CCN1CCN(Cc2ccccc2CNC(=O)CCS(=O)(=O)c2ccc3c(c2)CCC3)CC1. The Balaban J connectivity index is 1.28. The van der Waals surface area contributed by atoms with Gasteiger partial charge in [-0.25, -0.2) is 8.42 Å². The lowest BCUT2D eigenvalue weighted by atomic mass is 10.1. The van der Waals surface area contributed by atoms with Crippen LogP contribution in [0.25, 0.3) is 0 Å². The number of aryl methyl sites for hydroxylation is 2. The Hall–Kier alpha value is -2.22. The second-order valence-electron chi connectivity index (χ2n) is 9.11. The number of rotatable bonds is 9. The number of amides is 1. The monoisotopic (exact) mass is 469 g/mol. The summed E-state index contributed by atoms with van der Waals surface area (Å²) >= 11 is 0. The minimum atomic E-state index is -3.47. The summed E-state index contributed by atoms with van der Waals surface area (Å²) in [5, 5.41) is 2.93. The molecule has 1 N–H and O–H groups in total. The van der Waals surface area contributed by atoms with E-state index >= 15 is 0 Å². The Morgan fingerprint density at radius 2 is 1.64 bits per heavy atom. The number of carbonyl (C=O) groups excluding carboxylic acids is 1. The fourth-order valence-corrected chi connectivity index (χ4v) is 6.04. The molecular formula is C26H35N3O3S. The van der Waals surface area contributed by atoms with Crippen molar-refractivity contribution < 1.29 is 13.2 Å². The van der Waals surface area contributed by atoms with Crippen LogP contribution in [-0.4, -0.2) is 62.6 Å². The molecule has 1 aliphatic heterocycles. The maximum absolute atomic E-state index is 12.7. The number of sulfone groups is 1. The average Bonchev–Trinajstić information content (AvgIpc) is 3.31. The molecule has 0 spiro atoms. The lowest BCUT2D eigenvalue weighted by Crippen LogP contribution is -2.45. The summed E-state index contributed by atoms with van der Waals surface area (Å²) in [5.74, 6) is -0.396. The highest BCUT2D eigenvalue weighted by Crippen LogP contribution is 2.25. The molecule has 33 heavy (non-hydrogen) atoms. The predicted molar refractivity (Wildman–Crippen MR) is 131 cm³/mol. The predicted octanol–water partition coefficient (Wildman–Crippen LogP) is 2.79. The first-order valence-electron chi connectivity index (χ1n) is 12.1. The molecule has 1 saturated heterocycles. The lowest BCUT2D eigenvalue weighted by molar-refractivity contribution is -0.120. The van der Waals surface area contributed by atoms with Crippen LogP contribution >= 0.6 is 0 Å². The van der Waals surface area contributed by atoms with E-state index in [4.69, 9.17) is 0 Å². The Morgan fingerprint density at radius 1 is 0.939 bits per heavy atom. The Kier molecular flexibility index (Phi) is 7.83. The highest BCUT2D eigenvalue weighted by molar-refractivity contribution is 7.91. The van der Waals surface area contributed by atoms with Gasteiger partial charge in [0.2, 0.25) is 5.91 Å². The van der Waals surface area contributed by atoms with Crippen LogP contribution in [0.4, 0.5) is 0 Å². The molecule has 0 radical (unpaired) electrons. The van der Waals surface area contributed by atoms with Crippen LogP contribution in [0.3, 0.4) is 0 Å². The van der Waals surface area contributed by atoms with Crippen LogP contribution in [0.1, 0.15) is 42.0 Å². The van der Waals surface area contributed by atoms with Crippen molar-refractivity contribution in [2.75, 3.05) is 38.5 Å². The third kappa shape index (κ3) is 6.22. The van der Waals surface area contributed by atoms with Gasteiger partial charge in [0.15, 0.2) is 9.84 Å². The van der Waals surface area contributed by atoms with E-state index in [1.54, 1.807) is 12.1 Å². The maximum atomic E-state index is 12.7. The molecule has 0 aromatic heterocycles. The molecule has 1 heterocycles. The van der Waals surface area contributed by atoms with Crippen LogP contribution in [0.5, 0.6) is 0 Å². The van der Waals surface area contributed by atoms with E-state index in [-0.39, 0.29) is 18.1 Å². The molecule has 178 valence electrons. The van der Waals surface area contributed by atoms with Crippen LogP contribution in [0, 0.1) is 0 Å². The molecule has 2 aromatic rings. The number of carbonyl (C=O) groups is 1. The molecule has 1 fully saturated rings. The molecule has 2 aliphatic rings. The fourth-order valence-electron chi connectivity index (χ4n) is 4.76. The summed E-state index contributed by atoms with van der Waals surface area (Å²) in [6.45, 7) is 8.87. The zero-order valence-electron chi connectivity index (χ0n) is 19.6. The van der Waals surface area contributed by atoms with Gasteiger partial charge in [0.1, 0.15) is 0 Å². The van der Waals surface area contributed by atoms with Crippen LogP contribution in [-0.2, 0) is 40.6 Å². The molecule has 1 aliphatic carbocycles. The van der Waals surface area contributed by atoms with Crippen molar-refractivity contribution >= 4 is 15.7 Å². The van der Waals surface area contributed by atoms with Crippen molar-refractivity contribution in [1.82, 2.24) is 15.1 Å². The number of nitrogens with zero attached hydrogens (tertiary/aromatic N) is 2. The van der Waals surface area contributed by atoms with Gasteiger partial charge in [-0.2, -0.15) is 0 Å². The number of benzene rings is 2. The van der Waals surface area contributed by atoms with Crippen molar-refractivity contribution in [2.45, 2.75) is 50.6 Å². The summed E-state index contributed by atoms with van der Waals surface area (Å²) in [6, 6.07) is 13.6. The molecule has 7 heteroatoms. The van der Waals surface area contributed by atoms with Gasteiger partial charge < -0.3 is 10.2 Å². The van der Waals surface area contributed by atoms with E-state index in [1.165, 1.54) is 11.1 Å². The third-order valence-electron chi connectivity index (χ3n) is 6.93. The Morgan fingerprint density at radius 3 is 2.39 bits per heavy atom. The van der Waals surface area contributed by atoms with E-state index < -0.39 is 9.84 Å². The van der Waals surface area contributed by atoms with Crippen LogP contribution < -0.4 is 5.32 Å². The average molecular weight is 470 g/mol. The minimum absolute atomic E-state index is 0.0272. The van der Waals surface area contributed by atoms with Gasteiger partial charge in [0.25, 0.3) is 0 Å². The largest absolute Gasteiger partial charge is 0.352 e. The van der Waals surface area contributed by atoms with Gasteiger partial charge in [0.05, 0.1) is 10.6 Å². The first kappa shape index (κ1) is 23.9. The summed E-state index contributed by atoms with van der Waals surface area (Å²) in [5.41, 5.74) is 4.68. The Labute approximate surface area is 197 Å². The van der Waals surface area contributed by atoms with Gasteiger partial charge in [-0.15, -0.1) is 0 Å². The maximum Gasteiger partial charge on any atom is 0.221 e. The zero-order chi connectivity index (χ0) is 23.3. The number of hydrogen-bond donors (Lipinski definition) is 1. The number of hydrogen-bond acceptors (Lipinski definition) is 5. The van der Waals surface area contributed by atoms with Gasteiger partial charge in [-0.1, -0.05) is 37.3 Å². The zero-order valence-corrected chi connectivity index (χ0v) is 20.4. The number of piperazine rings is 1. The number of nitrogens with one attached hydrogen (secondary N) is 1. The van der Waals surface area contributed by atoms with Crippen molar-refractivity contribution in [2.24, 2.45) is 0 Å². The molecule has 1 amide bonds. The van der Waals surface area contributed by atoms with E-state index in [2.05, 4.69) is 28.1 Å². The van der Waals surface area contributed by atoms with E-state index in [0.29, 0.717) is 11.4 Å². The van der Waals surface area contributed by atoms with E-state index in [9.17, 15) is 13.2 Å². The molecule has 0 unspecified atom stereocenters. The van der Waals surface area contributed by atoms with Crippen molar-refractivity contribution in [3.8, 4) is 0 Å². The third-order valence-corrected chi connectivity index (χ3v) is 8.64. The topological polar surface area (TPSA) is 69.7 Å². The molecule has 2 aromatic carbocycles. The molecule has 0 atom stereocenters. The second-order valence-corrected chi connectivity index (χ2v) is 11.2. The van der Waals surface area contributed by atoms with Gasteiger partial charge in [-0.05, 0) is 60.2 Å². The molecular weight excluding hydrogens is 434 g/mol. The quantitative estimate of drug-likeness (QED) is 0.612. The first-order chi connectivity index (χ1) is 15.9. The molecule has 0 bridgehead atoms. The number of likely N-dealkylation sites (N-methyl/N-ethyl adjacent to an activating group) is 1.